The van der Waals surface area contributed by atoms with Crippen molar-refractivity contribution in [2.24, 2.45) is 0 Å². The van der Waals surface area contributed by atoms with Gasteiger partial charge in [0.2, 0.25) is 5.91 Å². The first kappa shape index (κ1) is 19.1. The Morgan fingerprint density at radius 2 is 1.88 bits per heavy atom. The first-order chi connectivity index (χ1) is 12.5. The maximum atomic E-state index is 12.3. The minimum atomic E-state index is -0.0804. The molecule has 5 nitrogen and oxygen atoms in total. The van der Waals surface area contributed by atoms with Crippen LogP contribution in [0.1, 0.15) is 11.3 Å². The summed E-state index contributed by atoms with van der Waals surface area (Å²) in [6, 6.07) is 9.08. The van der Waals surface area contributed by atoms with E-state index in [1.165, 1.54) is 5.56 Å². The van der Waals surface area contributed by atoms with Crippen LogP contribution in [0.5, 0.6) is 0 Å². The topological polar surface area (TPSA) is 48.5 Å². The highest BCUT2D eigenvalue weighted by Gasteiger charge is 2.20. The van der Waals surface area contributed by atoms with Crippen LogP contribution in [0.4, 0.5) is 5.69 Å². The summed E-state index contributed by atoms with van der Waals surface area (Å²) in [5.74, 6) is -0.0804. The molecule has 1 aliphatic heterocycles. The van der Waals surface area contributed by atoms with Gasteiger partial charge in [0.15, 0.2) is 0 Å². The van der Waals surface area contributed by atoms with E-state index in [1.54, 1.807) is 18.2 Å². The summed E-state index contributed by atoms with van der Waals surface area (Å²) in [5.41, 5.74) is 2.88. The maximum absolute atomic E-state index is 12.3. The number of benzene rings is 1. The molecular weight excluding hydrogens is 371 g/mol. The fourth-order valence-electron chi connectivity index (χ4n) is 2.99. The molecule has 0 aliphatic carbocycles. The molecule has 1 fully saturated rings. The highest BCUT2D eigenvalue weighted by Crippen LogP contribution is 2.25. The van der Waals surface area contributed by atoms with Crippen molar-refractivity contribution in [2.45, 2.75) is 13.5 Å². The monoisotopic (exact) mass is 392 g/mol. The predicted octanol–water partition coefficient (Wildman–Crippen LogP) is 3.45. The molecule has 26 heavy (non-hydrogen) atoms. The fraction of sp³-hybridized carbons (Fsp3) is 0.368. The van der Waals surface area contributed by atoms with Gasteiger partial charge in [-0.1, -0.05) is 29.3 Å². The van der Waals surface area contributed by atoms with Gasteiger partial charge in [-0.2, -0.15) is 0 Å². The van der Waals surface area contributed by atoms with Gasteiger partial charge in [-0.25, -0.2) is 0 Å². The molecule has 3 rings (SSSR count). The molecule has 1 aliphatic rings. The maximum Gasteiger partial charge on any atom is 0.238 e. The van der Waals surface area contributed by atoms with Crippen molar-refractivity contribution in [1.82, 2.24) is 14.8 Å². The van der Waals surface area contributed by atoms with Gasteiger partial charge in [0.1, 0.15) is 0 Å². The highest BCUT2D eigenvalue weighted by molar-refractivity contribution is 6.35. The lowest BCUT2D eigenvalue weighted by Gasteiger charge is -2.34. The molecule has 0 atom stereocenters. The van der Waals surface area contributed by atoms with Crippen LogP contribution >= 0.6 is 23.2 Å². The highest BCUT2D eigenvalue weighted by atomic mass is 35.5. The van der Waals surface area contributed by atoms with E-state index in [0.717, 1.165) is 38.4 Å². The average Bonchev–Trinajstić information content (AvgIpc) is 2.62. The van der Waals surface area contributed by atoms with Gasteiger partial charge in [0.05, 0.1) is 22.9 Å². The minimum Gasteiger partial charge on any atom is -0.324 e. The number of nitrogens with zero attached hydrogens (tertiary/aromatic N) is 3. The van der Waals surface area contributed by atoms with Crippen molar-refractivity contribution in [2.75, 3.05) is 38.0 Å². The Kier molecular flexibility index (Phi) is 6.48. The zero-order valence-electron chi connectivity index (χ0n) is 14.7. The van der Waals surface area contributed by atoms with Crippen LogP contribution < -0.4 is 5.32 Å². The molecule has 0 spiro atoms. The van der Waals surface area contributed by atoms with Gasteiger partial charge < -0.3 is 5.32 Å². The molecule has 0 unspecified atom stereocenters. The summed E-state index contributed by atoms with van der Waals surface area (Å²) in [6.45, 7) is 6.82. The predicted molar refractivity (Wildman–Crippen MR) is 106 cm³/mol. The number of anilines is 1. The number of amides is 1. The normalized spacial score (nSPS) is 15.8. The number of hydrogen-bond acceptors (Lipinski definition) is 4. The standard InChI is InChI=1S/C19H22Cl2N4O/c1-14-3-2-6-22-18(14)12-24-7-9-25(10-8-24)13-19(26)23-17-11-15(20)4-5-16(17)21/h2-6,11H,7-10,12-13H2,1H3,(H,23,26). The van der Waals surface area contributed by atoms with Gasteiger partial charge in [0.25, 0.3) is 0 Å². The number of piperazine rings is 1. The third kappa shape index (κ3) is 5.17. The lowest BCUT2D eigenvalue weighted by Crippen LogP contribution is -2.48. The number of hydrogen-bond donors (Lipinski definition) is 1. The van der Waals surface area contributed by atoms with Crippen molar-refractivity contribution in [3.63, 3.8) is 0 Å². The number of halogens is 2. The molecule has 1 aromatic heterocycles. The molecule has 0 saturated carbocycles. The van der Waals surface area contributed by atoms with Crippen LogP contribution in [0.2, 0.25) is 10.0 Å². The van der Waals surface area contributed by atoms with Gasteiger partial charge in [-0.15, -0.1) is 0 Å². The number of aryl methyl sites for hydroxylation is 1. The summed E-state index contributed by atoms with van der Waals surface area (Å²) in [7, 11) is 0. The first-order valence-electron chi connectivity index (χ1n) is 8.61. The molecule has 1 aromatic carbocycles. The summed E-state index contributed by atoms with van der Waals surface area (Å²) >= 11 is 12.0. The van der Waals surface area contributed by atoms with Gasteiger partial charge in [-0.3, -0.25) is 19.6 Å². The molecule has 0 radical (unpaired) electrons. The Hall–Kier alpha value is -1.66. The molecule has 2 aromatic rings. The number of rotatable bonds is 5. The molecule has 2 heterocycles. The Morgan fingerprint density at radius 1 is 1.15 bits per heavy atom. The van der Waals surface area contributed by atoms with Crippen LogP contribution in [0.25, 0.3) is 0 Å². The number of pyridine rings is 1. The Balaban J connectivity index is 1.47. The van der Waals surface area contributed by atoms with Crippen molar-refractivity contribution < 1.29 is 4.79 Å². The Morgan fingerprint density at radius 3 is 2.62 bits per heavy atom. The second-order valence-corrected chi connectivity index (χ2v) is 7.34. The van der Waals surface area contributed by atoms with Crippen LogP contribution in [-0.2, 0) is 11.3 Å². The lowest BCUT2D eigenvalue weighted by atomic mass is 10.2. The van der Waals surface area contributed by atoms with Gasteiger partial charge in [0, 0.05) is 43.9 Å². The van der Waals surface area contributed by atoms with Crippen molar-refractivity contribution in [1.29, 1.82) is 0 Å². The van der Waals surface area contributed by atoms with Crippen LogP contribution in [-0.4, -0.2) is 53.4 Å². The molecule has 1 amide bonds. The largest absolute Gasteiger partial charge is 0.324 e. The van der Waals surface area contributed by atoms with E-state index in [9.17, 15) is 4.79 Å². The van der Waals surface area contributed by atoms with Gasteiger partial charge >= 0.3 is 0 Å². The molecule has 7 heteroatoms. The second kappa shape index (κ2) is 8.82. The van der Waals surface area contributed by atoms with Crippen LogP contribution in [0.15, 0.2) is 36.5 Å². The third-order valence-corrected chi connectivity index (χ3v) is 5.09. The Bertz CT molecular complexity index is 776. The SMILES string of the molecule is Cc1cccnc1CN1CCN(CC(=O)Nc2cc(Cl)ccc2Cl)CC1. The van der Waals surface area contributed by atoms with E-state index < -0.39 is 0 Å². The molecule has 1 saturated heterocycles. The van der Waals surface area contributed by atoms with E-state index in [4.69, 9.17) is 23.2 Å². The average molecular weight is 393 g/mol. The van der Waals surface area contributed by atoms with E-state index >= 15 is 0 Å². The number of aromatic nitrogens is 1. The van der Waals surface area contributed by atoms with Gasteiger partial charge in [-0.05, 0) is 36.8 Å². The smallest absolute Gasteiger partial charge is 0.238 e. The number of carbonyl (C=O) groups is 1. The second-order valence-electron chi connectivity index (χ2n) is 6.49. The van der Waals surface area contributed by atoms with E-state index in [2.05, 4.69) is 33.1 Å². The molecule has 1 N–H and O–H groups in total. The quantitative estimate of drug-likeness (QED) is 0.846. The Labute approximate surface area is 163 Å². The minimum absolute atomic E-state index is 0.0804. The zero-order chi connectivity index (χ0) is 18.5. The molecule has 0 bridgehead atoms. The number of nitrogens with one attached hydrogen (secondary N) is 1. The lowest BCUT2D eigenvalue weighted by molar-refractivity contribution is -0.117. The summed E-state index contributed by atoms with van der Waals surface area (Å²) in [6.07, 6.45) is 1.84. The summed E-state index contributed by atoms with van der Waals surface area (Å²) in [4.78, 5) is 21.3. The van der Waals surface area contributed by atoms with E-state index in [-0.39, 0.29) is 5.91 Å². The number of carbonyl (C=O) groups excluding carboxylic acids is 1. The summed E-state index contributed by atoms with van der Waals surface area (Å²) < 4.78 is 0. The van der Waals surface area contributed by atoms with E-state index in [1.807, 2.05) is 12.3 Å². The van der Waals surface area contributed by atoms with Crippen LogP contribution in [0, 0.1) is 6.92 Å². The van der Waals surface area contributed by atoms with Crippen molar-refractivity contribution >= 4 is 34.8 Å². The van der Waals surface area contributed by atoms with Crippen molar-refractivity contribution in [3.05, 3.63) is 57.8 Å². The first-order valence-corrected chi connectivity index (χ1v) is 9.37. The summed E-state index contributed by atoms with van der Waals surface area (Å²) in [5, 5.41) is 3.87. The van der Waals surface area contributed by atoms with Crippen molar-refractivity contribution in [3.8, 4) is 0 Å². The molecular formula is C19H22Cl2N4O. The van der Waals surface area contributed by atoms with E-state index in [0.29, 0.717) is 22.3 Å². The third-order valence-electron chi connectivity index (χ3n) is 4.53. The van der Waals surface area contributed by atoms with Crippen LogP contribution in [0.3, 0.4) is 0 Å². The zero-order valence-corrected chi connectivity index (χ0v) is 16.2. The fourth-order valence-corrected chi connectivity index (χ4v) is 3.32. The molecule has 138 valence electrons.